The fourth-order valence-electron chi connectivity index (χ4n) is 1.10. The van der Waals surface area contributed by atoms with Gasteiger partial charge in [-0.15, -0.1) is 0 Å². The van der Waals surface area contributed by atoms with Gasteiger partial charge >= 0.3 is 0 Å². The molecule has 0 aliphatic rings. The number of nitrogens with zero attached hydrogens (tertiary/aromatic N) is 1. The van der Waals surface area contributed by atoms with Crippen LogP contribution in [0, 0.1) is 5.92 Å². The van der Waals surface area contributed by atoms with Crippen LogP contribution in [0.25, 0.3) is 0 Å². The zero-order chi connectivity index (χ0) is 7.82. The second kappa shape index (κ2) is 6.79. The minimum atomic E-state index is 0.789. The first-order chi connectivity index (χ1) is 4.85. The number of rotatable bonds is 6. The molecule has 1 atom stereocenters. The minimum Gasteiger partial charge on any atom is -0.301 e. The van der Waals surface area contributed by atoms with E-state index < -0.39 is 0 Å². The molecule has 0 aromatic carbocycles. The monoisotopic (exact) mass is 141 g/mol. The van der Waals surface area contributed by atoms with Gasteiger partial charge in [0, 0.05) is 6.54 Å². The minimum absolute atomic E-state index is 0.789. The first-order valence-electron chi connectivity index (χ1n) is 4.27. The molecule has 1 heteroatoms. The second-order valence-electron chi connectivity index (χ2n) is 2.82. The second-order valence-corrected chi connectivity index (χ2v) is 2.82. The molecule has 0 fully saturated rings. The molecule has 0 aromatic rings. The quantitative estimate of drug-likeness (QED) is 0.504. The van der Waals surface area contributed by atoms with Crippen molar-refractivity contribution in [3.63, 3.8) is 0 Å². The summed E-state index contributed by atoms with van der Waals surface area (Å²) in [7, 11) is 0. The van der Waals surface area contributed by atoms with E-state index in [1.54, 1.807) is 0 Å². The molecule has 60 valence electrons. The molecule has 0 saturated carbocycles. The molecule has 0 spiro atoms. The van der Waals surface area contributed by atoms with Crippen LogP contribution in [0.4, 0.5) is 0 Å². The zero-order valence-corrected chi connectivity index (χ0v) is 7.27. The third kappa shape index (κ3) is 4.54. The van der Waals surface area contributed by atoms with Crippen LogP contribution in [0.1, 0.15) is 39.5 Å². The summed E-state index contributed by atoms with van der Waals surface area (Å²) in [5.74, 6) is 0.789. The highest BCUT2D eigenvalue weighted by atomic mass is 14.7. The van der Waals surface area contributed by atoms with Crippen LogP contribution in [0.15, 0.2) is 4.99 Å². The fourth-order valence-corrected chi connectivity index (χ4v) is 1.10. The maximum Gasteiger partial charge on any atom is 0.0410 e. The molecule has 0 heterocycles. The molecule has 0 aromatic heterocycles. The first-order valence-corrected chi connectivity index (χ1v) is 4.27. The standard InChI is InChI=1S/C9H19N/c1-4-6-7-9(5-2)8-10-3/h9H,3-8H2,1-2H3. The molecule has 0 amide bonds. The highest BCUT2D eigenvalue weighted by molar-refractivity contribution is 5.23. The van der Waals surface area contributed by atoms with E-state index in [1.165, 1.54) is 25.7 Å². The lowest BCUT2D eigenvalue weighted by Gasteiger charge is -2.09. The highest BCUT2D eigenvalue weighted by Crippen LogP contribution is 2.11. The van der Waals surface area contributed by atoms with Crippen molar-refractivity contribution in [2.75, 3.05) is 6.54 Å². The summed E-state index contributed by atoms with van der Waals surface area (Å²) in [6.07, 6.45) is 5.21. The van der Waals surface area contributed by atoms with E-state index in [0.717, 1.165) is 12.5 Å². The number of hydrogen-bond donors (Lipinski definition) is 0. The van der Waals surface area contributed by atoms with Crippen LogP contribution in [0.3, 0.4) is 0 Å². The van der Waals surface area contributed by atoms with E-state index in [2.05, 4.69) is 25.6 Å². The SMILES string of the molecule is C=NCC(CC)CCCC. The summed E-state index contributed by atoms with van der Waals surface area (Å²) in [4.78, 5) is 3.91. The molecule has 0 bridgehead atoms. The molecule has 10 heavy (non-hydrogen) atoms. The average Bonchev–Trinajstić information content (AvgIpc) is 1.98. The van der Waals surface area contributed by atoms with Gasteiger partial charge in [-0.2, -0.15) is 0 Å². The summed E-state index contributed by atoms with van der Waals surface area (Å²) < 4.78 is 0. The van der Waals surface area contributed by atoms with Crippen molar-refractivity contribution in [3.05, 3.63) is 0 Å². The third-order valence-corrected chi connectivity index (χ3v) is 1.93. The first kappa shape index (κ1) is 9.67. The Morgan fingerprint density at radius 2 is 2.10 bits per heavy atom. The van der Waals surface area contributed by atoms with E-state index in [-0.39, 0.29) is 0 Å². The van der Waals surface area contributed by atoms with Crippen LogP contribution in [-0.4, -0.2) is 13.3 Å². The van der Waals surface area contributed by atoms with E-state index >= 15 is 0 Å². The van der Waals surface area contributed by atoms with Gasteiger partial charge in [0.25, 0.3) is 0 Å². The van der Waals surface area contributed by atoms with Crippen molar-refractivity contribution in [3.8, 4) is 0 Å². The Kier molecular flexibility index (Phi) is 6.56. The van der Waals surface area contributed by atoms with E-state index in [0.29, 0.717) is 0 Å². The molecule has 0 saturated heterocycles. The van der Waals surface area contributed by atoms with Crippen molar-refractivity contribution in [2.24, 2.45) is 10.9 Å². The molecule has 0 N–H and O–H groups in total. The normalized spacial score (nSPS) is 13.0. The average molecular weight is 141 g/mol. The van der Waals surface area contributed by atoms with Crippen LogP contribution in [0.2, 0.25) is 0 Å². The Hall–Kier alpha value is -0.330. The van der Waals surface area contributed by atoms with Crippen LogP contribution < -0.4 is 0 Å². The van der Waals surface area contributed by atoms with Gasteiger partial charge in [-0.3, -0.25) is 0 Å². The molecule has 1 nitrogen and oxygen atoms in total. The fraction of sp³-hybridized carbons (Fsp3) is 0.889. The number of hydrogen-bond acceptors (Lipinski definition) is 1. The summed E-state index contributed by atoms with van der Waals surface area (Å²) in [6, 6.07) is 0. The highest BCUT2D eigenvalue weighted by Gasteiger charge is 2.02. The van der Waals surface area contributed by atoms with Gasteiger partial charge in [0.15, 0.2) is 0 Å². The van der Waals surface area contributed by atoms with Crippen molar-refractivity contribution in [1.82, 2.24) is 0 Å². The molecular formula is C9H19N. The Balaban J connectivity index is 3.29. The maximum atomic E-state index is 3.91. The van der Waals surface area contributed by atoms with Crippen LogP contribution in [0.5, 0.6) is 0 Å². The molecule has 0 rings (SSSR count). The van der Waals surface area contributed by atoms with Gasteiger partial charge in [-0.05, 0) is 19.1 Å². The molecule has 0 radical (unpaired) electrons. The van der Waals surface area contributed by atoms with E-state index in [1.807, 2.05) is 0 Å². The summed E-state index contributed by atoms with van der Waals surface area (Å²) in [5, 5.41) is 0. The summed E-state index contributed by atoms with van der Waals surface area (Å²) in [6.45, 7) is 8.92. The van der Waals surface area contributed by atoms with E-state index in [4.69, 9.17) is 0 Å². The Labute approximate surface area is 64.6 Å². The van der Waals surface area contributed by atoms with Gasteiger partial charge < -0.3 is 4.99 Å². The molecular weight excluding hydrogens is 122 g/mol. The molecule has 0 aliphatic heterocycles. The van der Waals surface area contributed by atoms with Crippen molar-refractivity contribution in [1.29, 1.82) is 0 Å². The van der Waals surface area contributed by atoms with Crippen LogP contribution >= 0.6 is 0 Å². The maximum absolute atomic E-state index is 3.91. The smallest absolute Gasteiger partial charge is 0.0410 e. The van der Waals surface area contributed by atoms with Gasteiger partial charge in [0.05, 0.1) is 0 Å². The number of unbranched alkanes of at least 4 members (excludes halogenated alkanes) is 1. The Bertz CT molecular complexity index is 78.8. The summed E-state index contributed by atoms with van der Waals surface area (Å²) in [5.41, 5.74) is 0. The Morgan fingerprint density at radius 3 is 2.50 bits per heavy atom. The van der Waals surface area contributed by atoms with E-state index in [9.17, 15) is 0 Å². The van der Waals surface area contributed by atoms with Gasteiger partial charge in [0.2, 0.25) is 0 Å². The van der Waals surface area contributed by atoms with Crippen LogP contribution in [-0.2, 0) is 0 Å². The lowest BCUT2D eigenvalue weighted by Crippen LogP contribution is -2.02. The predicted octanol–water partition coefficient (Wildman–Crippen LogP) is 2.90. The van der Waals surface area contributed by atoms with Crippen molar-refractivity contribution < 1.29 is 0 Å². The topological polar surface area (TPSA) is 12.4 Å². The lowest BCUT2D eigenvalue weighted by molar-refractivity contribution is 0.463. The third-order valence-electron chi connectivity index (χ3n) is 1.93. The van der Waals surface area contributed by atoms with Gasteiger partial charge in [0.1, 0.15) is 0 Å². The van der Waals surface area contributed by atoms with Crippen molar-refractivity contribution >= 4 is 6.72 Å². The lowest BCUT2D eigenvalue weighted by atomic mass is 10.00. The largest absolute Gasteiger partial charge is 0.301 e. The zero-order valence-electron chi connectivity index (χ0n) is 7.27. The van der Waals surface area contributed by atoms with Crippen molar-refractivity contribution in [2.45, 2.75) is 39.5 Å². The summed E-state index contributed by atoms with van der Waals surface area (Å²) >= 11 is 0. The molecule has 1 unspecified atom stereocenters. The van der Waals surface area contributed by atoms with Gasteiger partial charge in [-0.25, -0.2) is 0 Å². The number of aliphatic imine (C=N–C) groups is 1. The predicted molar refractivity (Wildman–Crippen MR) is 47.7 cm³/mol. The molecule has 0 aliphatic carbocycles. The Morgan fingerprint density at radius 1 is 1.40 bits per heavy atom. The van der Waals surface area contributed by atoms with Gasteiger partial charge in [-0.1, -0.05) is 33.1 Å².